The van der Waals surface area contributed by atoms with Crippen LogP contribution in [0, 0.1) is 13.8 Å². The Kier molecular flexibility index (Phi) is 6.30. The summed E-state index contributed by atoms with van der Waals surface area (Å²) in [7, 11) is 0. The van der Waals surface area contributed by atoms with Crippen molar-refractivity contribution < 1.29 is 4.79 Å². The highest BCUT2D eigenvalue weighted by atomic mass is 32.2. The monoisotopic (exact) mass is 381 g/mol. The number of para-hydroxylation sites is 1. The van der Waals surface area contributed by atoms with Crippen LogP contribution in [0.3, 0.4) is 0 Å². The number of aryl methyl sites for hydroxylation is 2. The minimum absolute atomic E-state index is 0.0705. The van der Waals surface area contributed by atoms with Gasteiger partial charge in [0.15, 0.2) is 5.16 Å². The molecular formula is C20H19N3OS2. The van der Waals surface area contributed by atoms with Crippen LogP contribution in [-0.2, 0) is 4.79 Å². The van der Waals surface area contributed by atoms with Crippen molar-refractivity contribution in [3.05, 3.63) is 72.1 Å². The predicted molar refractivity (Wildman–Crippen MR) is 108 cm³/mol. The third-order valence-electron chi connectivity index (χ3n) is 3.43. The number of hydrogen-bond donors (Lipinski definition) is 1. The summed E-state index contributed by atoms with van der Waals surface area (Å²) in [5, 5.41) is 3.62. The molecule has 132 valence electrons. The van der Waals surface area contributed by atoms with E-state index in [9.17, 15) is 4.79 Å². The molecule has 0 aliphatic carbocycles. The second-order valence-electron chi connectivity index (χ2n) is 5.68. The molecule has 0 bridgehead atoms. The van der Waals surface area contributed by atoms with E-state index in [-0.39, 0.29) is 11.7 Å². The van der Waals surface area contributed by atoms with Crippen molar-refractivity contribution >= 4 is 35.1 Å². The third kappa shape index (κ3) is 5.34. The van der Waals surface area contributed by atoms with Gasteiger partial charge in [-0.3, -0.25) is 4.79 Å². The lowest BCUT2D eigenvalue weighted by molar-refractivity contribution is -0.113. The van der Waals surface area contributed by atoms with E-state index in [0.717, 1.165) is 26.9 Å². The molecule has 0 saturated carbocycles. The smallest absolute Gasteiger partial charge is 0.234 e. The summed E-state index contributed by atoms with van der Waals surface area (Å²) >= 11 is 2.97. The van der Waals surface area contributed by atoms with Gasteiger partial charge in [-0.15, -0.1) is 0 Å². The molecule has 0 aliphatic rings. The molecule has 1 amide bonds. The minimum Gasteiger partial charge on any atom is -0.324 e. The molecule has 0 spiro atoms. The first-order chi connectivity index (χ1) is 12.6. The van der Waals surface area contributed by atoms with E-state index in [1.54, 1.807) is 11.8 Å². The SMILES string of the molecule is Cc1cc(C)nc(SCC(=O)Nc2ccccc2Sc2ccccc2)n1. The van der Waals surface area contributed by atoms with Crippen LogP contribution in [0.5, 0.6) is 0 Å². The standard InChI is InChI=1S/C20H19N3OS2/c1-14-12-15(2)22-20(21-14)25-13-19(24)23-17-10-6-7-11-18(17)26-16-8-4-3-5-9-16/h3-12H,13H2,1-2H3,(H,23,24). The van der Waals surface area contributed by atoms with Gasteiger partial charge >= 0.3 is 0 Å². The fraction of sp³-hybridized carbons (Fsp3) is 0.150. The molecule has 0 radical (unpaired) electrons. The Bertz CT molecular complexity index is 880. The summed E-state index contributed by atoms with van der Waals surface area (Å²) < 4.78 is 0. The Hall–Kier alpha value is -2.31. The van der Waals surface area contributed by atoms with Crippen molar-refractivity contribution in [2.24, 2.45) is 0 Å². The van der Waals surface area contributed by atoms with Crippen LogP contribution in [0.4, 0.5) is 5.69 Å². The van der Waals surface area contributed by atoms with Crippen molar-refractivity contribution in [3.8, 4) is 0 Å². The van der Waals surface area contributed by atoms with E-state index in [1.807, 2.05) is 62.4 Å². The van der Waals surface area contributed by atoms with E-state index in [4.69, 9.17) is 0 Å². The molecule has 2 aromatic carbocycles. The summed E-state index contributed by atoms with van der Waals surface area (Å²) in [5.74, 6) is 0.201. The number of anilines is 1. The molecule has 0 fully saturated rings. The van der Waals surface area contributed by atoms with Gasteiger partial charge in [0.2, 0.25) is 5.91 Å². The van der Waals surface area contributed by atoms with Crippen LogP contribution >= 0.6 is 23.5 Å². The summed E-state index contributed by atoms with van der Waals surface area (Å²) in [4.78, 5) is 23.2. The summed E-state index contributed by atoms with van der Waals surface area (Å²) in [6.45, 7) is 3.85. The van der Waals surface area contributed by atoms with Crippen molar-refractivity contribution in [2.45, 2.75) is 28.8 Å². The molecule has 4 nitrogen and oxygen atoms in total. The fourth-order valence-electron chi connectivity index (χ4n) is 2.35. The molecule has 1 heterocycles. The average Bonchev–Trinajstić information content (AvgIpc) is 2.62. The Labute approximate surface area is 161 Å². The van der Waals surface area contributed by atoms with Gasteiger partial charge in [-0.2, -0.15) is 0 Å². The van der Waals surface area contributed by atoms with Crippen LogP contribution in [-0.4, -0.2) is 21.6 Å². The number of carbonyl (C=O) groups is 1. The molecule has 0 atom stereocenters. The van der Waals surface area contributed by atoms with E-state index < -0.39 is 0 Å². The van der Waals surface area contributed by atoms with E-state index >= 15 is 0 Å². The Morgan fingerprint density at radius 2 is 1.62 bits per heavy atom. The van der Waals surface area contributed by atoms with Crippen LogP contribution in [0.2, 0.25) is 0 Å². The molecule has 1 N–H and O–H groups in total. The minimum atomic E-state index is -0.0705. The zero-order chi connectivity index (χ0) is 18.4. The molecule has 0 aliphatic heterocycles. The Morgan fingerprint density at radius 1 is 0.962 bits per heavy atom. The highest BCUT2D eigenvalue weighted by molar-refractivity contribution is 8.00. The first-order valence-corrected chi connectivity index (χ1v) is 9.97. The number of nitrogens with zero attached hydrogens (tertiary/aromatic N) is 2. The first-order valence-electron chi connectivity index (χ1n) is 8.17. The lowest BCUT2D eigenvalue weighted by Crippen LogP contribution is -2.15. The van der Waals surface area contributed by atoms with Gasteiger partial charge in [-0.1, -0.05) is 53.9 Å². The van der Waals surface area contributed by atoms with E-state index in [0.29, 0.717) is 5.16 Å². The van der Waals surface area contributed by atoms with Gasteiger partial charge in [-0.25, -0.2) is 9.97 Å². The quantitative estimate of drug-likeness (QED) is 0.482. The molecule has 0 saturated heterocycles. The van der Waals surface area contributed by atoms with E-state index in [2.05, 4.69) is 27.4 Å². The van der Waals surface area contributed by atoms with Crippen LogP contribution in [0.15, 0.2) is 75.6 Å². The number of benzene rings is 2. The van der Waals surface area contributed by atoms with Gasteiger partial charge in [0, 0.05) is 21.2 Å². The Balaban J connectivity index is 1.64. The number of nitrogens with one attached hydrogen (secondary N) is 1. The lowest BCUT2D eigenvalue weighted by atomic mass is 10.3. The van der Waals surface area contributed by atoms with Gasteiger partial charge in [0.05, 0.1) is 11.4 Å². The maximum Gasteiger partial charge on any atom is 0.234 e. The molecule has 1 aromatic heterocycles. The fourth-order valence-corrected chi connectivity index (χ4v) is 4.02. The van der Waals surface area contributed by atoms with Crippen LogP contribution < -0.4 is 5.32 Å². The largest absolute Gasteiger partial charge is 0.324 e. The predicted octanol–water partition coefficient (Wildman–Crippen LogP) is 4.98. The Morgan fingerprint density at radius 3 is 2.35 bits per heavy atom. The highest BCUT2D eigenvalue weighted by Crippen LogP contribution is 2.33. The van der Waals surface area contributed by atoms with Gasteiger partial charge in [0.25, 0.3) is 0 Å². The van der Waals surface area contributed by atoms with Crippen molar-refractivity contribution in [3.63, 3.8) is 0 Å². The molecule has 26 heavy (non-hydrogen) atoms. The van der Waals surface area contributed by atoms with Gasteiger partial charge in [-0.05, 0) is 44.2 Å². The second-order valence-corrected chi connectivity index (χ2v) is 7.74. The van der Waals surface area contributed by atoms with Gasteiger partial charge < -0.3 is 5.32 Å². The maximum absolute atomic E-state index is 12.4. The second kappa shape index (κ2) is 8.87. The average molecular weight is 382 g/mol. The first kappa shape index (κ1) is 18.5. The van der Waals surface area contributed by atoms with Crippen LogP contribution in [0.25, 0.3) is 0 Å². The number of rotatable bonds is 6. The number of hydrogen-bond acceptors (Lipinski definition) is 5. The van der Waals surface area contributed by atoms with E-state index in [1.165, 1.54) is 11.8 Å². The highest BCUT2D eigenvalue weighted by Gasteiger charge is 2.10. The molecular weight excluding hydrogens is 362 g/mol. The number of aromatic nitrogens is 2. The topological polar surface area (TPSA) is 54.9 Å². The molecule has 0 unspecified atom stereocenters. The summed E-state index contributed by atoms with van der Waals surface area (Å²) in [6, 6.07) is 19.8. The van der Waals surface area contributed by atoms with Crippen LogP contribution in [0.1, 0.15) is 11.4 Å². The molecule has 3 aromatic rings. The summed E-state index contributed by atoms with van der Waals surface area (Å²) in [5.41, 5.74) is 2.63. The number of carbonyl (C=O) groups excluding carboxylic acids is 1. The molecule has 6 heteroatoms. The lowest BCUT2D eigenvalue weighted by Gasteiger charge is -2.10. The number of thioether (sulfide) groups is 1. The van der Waals surface area contributed by atoms with Crippen molar-refractivity contribution in [2.75, 3.05) is 11.1 Å². The zero-order valence-electron chi connectivity index (χ0n) is 14.6. The zero-order valence-corrected chi connectivity index (χ0v) is 16.2. The molecule has 3 rings (SSSR count). The normalized spacial score (nSPS) is 10.5. The third-order valence-corrected chi connectivity index (χ3v) is 5.36. The maximum atomic E-state index is 12.4. The number of amides is 1. The van der Waals surface area contributed by atoms with Crippen molar-refractivity contribution in [1.29, 1.82) is 0 Å². The summed E-state index contributed by atoms with van der Waals surface area (Å²) in [6.07, 6.45) is 0. The van der Waals surface area contributed by atoms with Crippen molar-refractivity contribution in [1.82, 2.24) is 9.97 Å². The van der Waals surface area contributed by atoms with Gasteiger partial charge in [0.1, 0.15) is 0 Å².